The van der Waals surface area contributed by atoms with Crippen LogP contribution in [0.25, 0.3) is 0 Å². The molecule has 0 aromatic heterocycles. The molecular formula is C22H28FNaO8S. The number of aliphatic hydroxyl groups excluding tert-OH is 1. The molecule has 3 saturated carbocycles. The van der Waals surface area contributed by atoms with Crippen LogP contribution in [-0.2, 0) is 24.2 Å². The second-order valence-corrected chi connectivity index (χ2v) is 11.3. The molecule has 33 heavy (non-hydrogen) atoms. The van der Waals surface area contributed by atoms with Gasteiger partial charge in [0.2, 0.25) is 10.4 Å². The van der Waals surface area contributed by atoms with Crippen LogP contribution in [0.5, 0.6) is 0 Å². The van der Waals surface area contributed by atoms with Gasteiger partial charge >= 0.3 is 29.6 Å². The first-order valence-electron chi connectivity index (χ1n) is 10.8. The maximum absolute atomic E-state index is 17.0. The molecule has 0 radical (unpaired) electrons. The fourth-order valence-electron chi connectivity index (χ4n) is 7.38. The molecule has 8 atom stereocenters. The van der Waals surface area contributed by atoms with Gasteiger partial charge in [-0.05, 0) is 56.6 Å². The fraction of sp³-hybridized carbons (Fsp3) is 0.727. The summed E-state index contributed by atoms with van der Waals surface area (Å²) in [6, 6.07) is 0. The van der Waals surface area contributed by atoms with Crippen LogP contribution in [0.1, 0.15) is 46.5 Å². The Morgan fingerprint density at radius 2 is 1.97 bits per heavy atom. The number of aliphatic hydroxyl groups is 2. The summed E-state index contributed by atoms with van der Waals surface area (Å²) in [5.41, 5.74) is -6.04. The van der Waals surface area contributed by atoms with Crippen molar-refractivity contribution in [1.29, 1.82) is 0 Å². The van der Waals surface area contributed by atoms with Gasteiger partial charge in [0.05, 0.1) is 6.10 Å². The van der Waals surface area contributed by atoms with Gasteiger partial charge in [-0.3, -0.25) is 13.8 Å². The van der Waals surface area contributed by atoms with Gasteiger partial charge in [0.15, 0.2) is 17.2 Å². The number of ketones is 2. The van der Waals surface area contributed by atoms with E-state index in [0.717, 1.165) is 0 Å². The number of hydrogen-bond acceptors (Lipinski definition) is 8. The van der Waals surface area contributed by atoms with E-state index in [1.165, 1.54) is 18.2 Å². The maximum Gasteiger partial charge on any atom is 1.00 e. The SMILES string of the molecule is C[C@@H]1CC2C3CCC4=CC(=O)C=C[C@]4(C)[C@@]3(F)[C@@H](O)C[C@]2(C)[C@@]1(O)C(=O)COS(=O)(=O)[O-].[Na+]. The van der Waals surface area contributed by atoms with Crippen molar-refractivity contribution in [2.75, 3.05) is 6.61 Å². The molecular weight excluding hydrogens is 466 g/mol. The number of carbonyl (C=O) groups excluding carboxylic acids is 2. The van der Waals surface area contributed by atoms with Crippen molar-refractivity contribution in [2.45, 2.75) is 63.8 Å². The Morgan fingerprint density at radius 3 is 2.58 bits per heavy atom. The largest absolute Gasteiger partial charge is 1.00 e. The summed E-state index contributed by atoms with van der Waals surface area (Å²) in [5.74, 6) is -3.07. The first-order valence-corrected chi connectivity index (χ1v) is 12.1. The molecule has 0 aliphatic heterocycles. The smallest absolute Gasteiger partial charge is 0.726 e. The molecule has 0 heterocycles. The van der Waals surface area contributed by atoms with Crippen molar-refractivity contribution in [3.05, 3.63) is 23.8 Å². The third-order valence-electron chi connectivity index (χ3n) is 8.98. The van der Waals surface area contributed by atoms with Crippen molar-refractivity contribution in [3.8, 4) is 0 Å². The predicted molar refractivity (Wildman–Crippen MR) is 109 cm³/mol. The average molecular weight is 495 g/mol. The number of hydrogen-bond donors (Lipinski definition) is 2. The summed E-state index contributed by atoms with van der Waals surface area (Å²) in [4.78, 5) is 24.8. The number of Topliss-reactive ketones (excluding diaryl/α,β-unsaturated/α-hetero) is 1. The van der Waals surface area contributed by atoms with Gasteiger partial charge < -0.3 is 14.8 Å². The first kappa shape index (κ1) is 27.1. The molecule has 178 valence electrons. The molecule has 0 bridgehead atoms. The molecule has 4 aliphatic rings. The Bertz CT molecular complexity index is 1040. The van der Waals surface area contributed by atoms with Crippen LogP contribution in [0, 0.1) is 28.6 Å². The summed E-state index contributed by atoms with van der Waals surface area (Å²) in [5, 5.41) is 22.8. The summed E-state index contributed by atoms with van der Waals surface area (Å²) in [6.07, 6.45) is 3.52. The van der Waals surface area contributed by atoms with E-state index in [-0.39, 0.29) is 48.2 Å². The van der Waals surface area contributed by atoms with E-state index >= 15 is 4.39 Å². The van der Waals surface area contributed by atoms with Crippen molar-refractivity contribution in [2.24, 2.45) is 28.6 Å². The fourth-order valence-corrected chi connectivity index (χ4v) is 7.63. The molecule has 4 aliphatic carbocycles. The molecule has 0 aromatic carbocycles. The minimum atomic E-state index is -5.14. The van der Waals surface area contributed by atoms with Crippen molar-refractivity contribution in [1.82, 2.24) is 0 Å². The van der Waals surface area contributed by atoms with Gasteiger partial charge in [-0.25, -0.2) is 12.8 Å². The Balaban J connectivity index is 0.00000306. The van der Waals surface area contributed by atoms with E-state index in [4.69, 9.17) is 0 Å². The van der Waals surface area contributed by atoms with E-state index in [0.29, 0.717) is 18.4 Å². The van der Waals surface area contributed by atoms with E-state index in [2.05, 4.69) is 4.18 Å². The Kier molecular flexibility index (Phi) is 6.82. The van der Waals surface area contributed by atoms with E-state index in [1.807, 2.05) is 0 Å². The molecule has 0 saturated heterocycles. The molecule has 3 fully saturated rings. The van der Waals surface area contributed by atoms with Crippen LogP contribution in [-0.4, -0.2) is 58.7 Å². The van der Waals surface area contributed by atoms with Gasteiger partial charge in [-0.1, -0.05) is 25.5 Å². The second kappa shape index (κ2) is 8.30. The number of rotatable bonds is 4. The zero-order valence-electron chi connectivity index (χ0n) is 19.2. The van der Waals surface area contributed by atoms with Gasteiger partial charge in [-0.2, -0.15) is 0 Å². The number of halogens is 1. The van der Waals surface area contributed by atoms with Crippen molar-refractivity contribution >= 4 is 22.0 Å². The molecule has 4 rings (SSSR count). The predicted octanol–water partition coefficient (Wildman–Crippen LogP) is -1.62. The maximum atomic E-state index is 17.0. The number of carbonyl (C=O) groups is 2. The van der Waals surface area contributed by atoms with E-state index < -0.39 is 68.7 Å². The summed E-state index contributed by atoms with van der Waals surface area (Å²) in [7, 11) is -5.14. The summed E-state index contributed by atoms with van der Waals surface area (Å²) in [6.45, 7) is 3.78. The average Bonchev–Trinajstić information content (AvgIpc) is 2.89. The second-order valence-electron chi connectivity index (χ2n) is 10.3. The molecule has 0 aromatic rings. The quantitative estimate of drug-likeness (QED) is 0.270. The van der Waals surface area contributed by atoms with E-state index in [1.54, 1.807) is 20.8 Å². The number of fused-ring (bicyclic) bond motifs is 5. The molecule has 2 N–H and O–H groups in total. The first-order chi connectivity index (χ1) is 14.6. The van der Waals surface area contributed by atoms with Crippen LogP contribution in [0.2, 0.25) is 0 Å². The number of alkyl halides is 1. The Labute approximate surface area is 214 Å². The third kappa shape index (κ3) is 3.59. The topological polar surface area (TPSA) is 141 Å². The monoisotopic (exact) mass is 494 g/mol. The molecule has 0 spiro atoms. The van der Waals surface area contributed by atoms with Crippen LogP contribution in [0.3, 0.4) is 0 Å². The van der Waals surface area contributed by atoms with Crippen molar-refractivity contribution < 1.29 is 70.9 Å². The van der Waals surface area contributed by atoms with Gasteiger partial charge in [0.1, 0.15) is 12.2 Å². The van der Waals surface area contributed by atoms with Gasteiger partial charge in [0, 0.05) is 16.7 Å². The van der Waals surface area contributed by atoms with E-state index in [9.17, 15) is 32.8 Å². The molecule has 0 amide bonds. The normalized spacial score (nSPS) is 46.5. The summed E-state index contributed by atoms with van der Waals surface area (Å²) >= 11 is 0. The zero-order valence-corrected chi connectivity index (χ0v) is 22.0. The Morgan fingerprint density at radius 1 is 1.33 bits per heavy atom. The third-order valence-corrected chi connectivity index (χ3v) is 9.39. The minimum absolute atomic E-state index is 0. The van der Waals surface area contributed by atoms with Crippen LogP contribution < -0.4 is 29.6 Å². The molecule has 2 unspecified atom stereocenters. The molecule has 11 heteroatoms. The summed E-state index contributed by atoms with van der Waals surface area (Å²) < 4.78 is 53.6. The van der Waals surface area contributed by atoms with Crippen LogP contribution in [0.4, 0.5) is 4.39 Å². The van der Waals surface area contributed by atoms with Gasteiger partial charge in [0.25, 0.3) is 0 Å². The number of allylic oxidation sites excluding steroid dienone is 4. The molecule has 8 nitrogen and oxygen atoms in total. The zero-order chi connectivity index (χ0) is 23.9. The standard InChI is InChI=1S/C22H29FO8S.Na/c1-12-8-16-15-5-4-13-9-14(24)6-7-19(13,2)21(15,23)17(25)10-20(16,3)22(12,27)18(26)11-31-32(28,29)30;/h6-7,9,12,15-17,25,27H,4-5,8,10-11H2,1-3H3,(H,28,29,30);/q;+1/p-1/t12-,15?,16?,17+,19+,20+,21+,22+;/m1./s1. The van der Waals surface area contributed by atoms with Gasteiger partial charge in [-0.15, -0.1) is 0 Å². The van der Waals surface area contributed by atoms with Crippen LogP contribution >= 0.6 is 0 Å². The van der Waals surface area contributed by atoms with Crippen LogP contribution in [0.15, 0.2) is 23.8 Å². The minimum Gasteiger partial charge on any atom is -0.726 e. The van der Waals surface area contributed by atoms with Crippen molar-refractivity contribution in [3.63, 3.8) is 0 Å². The Hall–Kier alpha value is -0.460.